The third kappa shape index (κ3) is 5.46. The molecule has 2 N–H and O–H groups in total. The number of nitrogens with zero attached hydrogens (tertiary/aromatic N) is 1. The molecule has 0 fully saturated rings. The molecule has 1 heterocycles. The number of rotatable bonds is 2. The number of hydrogen-bond acceptors (Lipinski definition) is 2. The van der Waals surface area contributed by atoms with Gasteiger partial charge in [0.05, 0.1) is 5.92 Å². The second-order valence-corrected chi connectivity index (χ2v) is 2.41. The maximum atomic E-state index is 9.93. The molecule has 4 nitrogen and oxygen atoms in total. The van der Waals surface area contributed by atoms with Gasteiger partial charge in [0.25, 0.3) is 0 Å². The summed E-state index contributed by atoms with van der Waals surface area (Å²) < 4.78 is 0. The summed E-state index contributed by atoms with van der Waals surface area (Å²) in [4.78, 5) is 9.93. The SMILES string of the molecule is CCC(C)C(=O)O.c1cn[nH]c1. The van der Waals surface area contributed by atoms with Crippen molar-refractivity contribution in [2.45, 2.75) is 20.3 Å². The summed E-state index contributed by atoms with van der Waals surface area (Å²) in [5.74, 6) is -0.887. The van der Waals surface area contributed by atoms with Gasteiger partial charge in [-0.2, -0.15) is 5.10 Å². The van der Waals surface area contributed by atoms with E-state index >= 15 is 0 Å². The number of H-pyrrole nitrogens is 1. The van der Waals surface area contributed by atoms with Gasteiger partial charge in [-0.15, -0.1) is 0 Å². The molecular weight excluding hydrogens is 156 g/mol. The van der Waals surface area contributed by atoms with Crippen LogP contribution in [0.3, 0.4) is 0 Å². The third-order valence-corrected chi connectivity index (χ3v) is 1.44. The smallest absolute Gasteiger partial charge is 0.306 e. The van der Waals surface area contributed by atoms with Crippen LogP contribution in [-0.4, -0.2) is 21.3 Å². The van der Waals surface area contributed by atoms with Crippen LogP contribution in [0.25, 0.3) is 0 Å². The van der Waals surface area contributed by atoms with E-state index in [1.807, 2.05) is 13.0 Å². The van der Waals surface area contributed by atoms with Crippen LogP contribution in [0, 0.1) is 5.92 Å². The molecule has 1 atom stereocenters. The zero-order valence-corrected chi connectivity index (χ0v) is 7.32. The number of aromatic nitrogens is 2. The van der Waals surface area contributed by atoms with Gasteiger partial charge in [0.1, 0.15) is 0 Å². The summed E-state index contributed by atoms with van der Waals surface area (Å²) >= 11 is 0. The molecule has 1 rings (SSSR count). The summed E-state index contributed by atoms with van der Waals surface area (Å²) in [7, 11) is 0. The quantitative estimate of drug-likeness (QED) is 0.707. The van der Waals surface area contributed by atoms with Crippen LogP contribution in [0.4, 0.5) is 0 Å². The lowest BCUT2D eigenvalue weighted by atomic mass is 10.1. The average molecular weight is 170 g/mol. The van der Waals surface area contributed by atoms with Gasteiger partial charge in [-0.05, 0) is 12.5 Å². The van der Waals surface area contributed by atoms with Crippen molar-refractivity contribution < 1.29 is 9.90 Å². The van der Waals surface area contributed by atoms with E-state index in [9.17, 15) is 4.79 Å². The Labute approximate surface area is 71.6 Å². The van der Waals surface area contributed by atoms with E-state index in [2.05, 4.69) is 10.2 Å². The molecule has 1 aromatic heterocycles. The lowest BCUT2D eigenvalue weighted by Crippen LogP contribution is -2.06. The van der Waals surface area contributed by atoms with Gasteiger partial charge in [-0.1, -0.05) is 13.8 Å². The Morgan fingerprint density at radius 3 is 2.50 bits per heavy atom. The van der Waals surface area contributed by atoms with Crippen LogP contribution in [-0.2, 0) is 4.79 Å². The first kappa shape index (κ1) is 10.7. The van der Waals surface area contributed by atoms with Crippen molar-refractivity contribution in [2.24, 2.45) is 5.92 Å². The van der Waals surface area contributed by atoms with Crippen molar-refractivity contribution in [3.8, 4) is 0 Å². The van der Waals surface area contributed by atoms with Crippen molar-refractivity contribution in [1.82, 2.24) is 10.2 Å². The molecule has 68 valence electrons. The summed E-state index contributed by atoms with van der Waals surface area (Å²) in [6.07, 6.45) is 4.18. The van der Waals surface area contributed by atoms with Crippen LogP contribution in [0.15, 0.2) is 18.5 Å². The second-order valence-electron chi connectivity index (χ2n) is 2.41. The third-order valence-electron chi connectivity index (χ3n) is 1.44. The standard InChI is InChI=1S/C5H10O2.C3H4N2/c1-3-4(2)5(6)7;1-2-4-5-3-1/h4H,3H2,1-2H3,(H,6,7);1-3H,(H,4,5). The van der Waals surface area contributed by atoms with Crippen molar-refractivity contribution in [3.05, 3.63) is 18.5 Å². The van der Waals surface area contributed by atoms with Crippen LogP contribution in [0.2, 0.25) is 0 Å². The molecule has 0 aromatic carbocycles. The van der Waals surface area contributed by atoms with E-state index in [1.54, 1.807) is 19.3 Å². The molecule has 0 saturated heterocycles. The molecule has 0 radical (unpaired) electrons. The lowest BCUT2D eigenvalue weighted by Gasteiger charge is -1.96. The van der Waals surface area contributed by atoms with Gasteiger partial charge < -0.3 is 5.11 Å². The topological polar surface area (TPSA) is 66.0 Å². The largest absolute Gasteiger partial charge is 0.481 e. The van der Waals surface area contributed by atoms with Crippen LogP contribution < -0.4 is 0 Å². The van der Waals surface area contributed by atoms with Gasteiger partial charge >= 0.3 is 5.97 Å². The normalized spacial score (nSPS) is 11.2. The highest BCUT2D eigenvalue weighted by Gasteiger charge is 2.05. The van der Waals surface area contributed by atoms with Gasteiger partial charge in [-0.3, -0.25) is 9.89 Å². The summed E-state index contributed by atoms with van der Waals surface area (Å²) in [5, 5.41) is 14.4. The van der Waals surface area contributed by atoms with Crippen LogP contribution in [0.1, 0.15) is 20.3 Å². The maximum Gasteiger partial charge on any atom is 0.306 e. The van der Waals surface area contributed by atoms with Gasteiger partial charge in [0.2, 0.25) is 0 Å². The number of aliphatic carboxylic acids is 1. The lowest BCUT2D eigenvalue weighted by molar-refractivity contribution is -0.141. The summed E-state index contributed by atoms with van der Waals surface area (Å²) in [6.45, 7) is 3.56. The van der Waals surface area contributed by atoms with Gasteiger partial charge in [0, 0.05) is 12.4 Å². The monoisotopic (exact) mass is 170 g/mol. The first-order chi connectivity index (χ1) is 5.68. The highest BCUT2D eigenvalue weighted by molar-refractivity contribution is 5.69. The molecule has 0 aliphatic rings. The fourth-order valence-corrected chi connectivity index (χ4v) is 0.390. The van der Waals surface area contributed by atoms with Crippen molar-refractivity contribution in [2.75, 3.05) is 0 Å². The summed E-state index contributed by atoms with van der Waals surface area (Å²) in [5.41, 5.74) is 0. The van der Waals surface area contributed by atoms with E-state index in [0.717, 1.165) is 6.42 Å². The van der Waals surface area contributed by atoms with Crippen LogP contribution in [0.5, 0.6) is 0 Å². The molecule has 0 aliphatic heterocycles. The number of carbonyl (C=O) groups is 1. The van der Waals surface area contributed by atoms with Crippen molar-refractivity contribution in [3.63, 3.8) is 0 Å². The van der Waals surface area contributed by atoms with E-state index < -0.39 is 5.97 Å². The van der Waals surface area contributed by atoms with E-state index in [0.29, 0.717) is 0 Å². The second kappa shape index (κ2) is 6.39. The molecule has 1 unspecified atom stereocenters. The van der Waals surface area contributed by atoms with Crippen molar-refractivity contribution >= 4 is 5.97 Å². The summed E-state index contributed by atoms with van der Waals surface area (Å²) in [6, 6.07) is 1.83. The number of aromatic amines is 1. The Morgan fingerprint density at radius 2 is 2.42 bits per heavy atom. The van der Waals surface area contributed by atoms with E-state index in [1.165, 1.54) is 0 Å². The molecule has 1 aromatic rings. The number of nitrogens with one attached hydrogen (secondary N) is 1. The first-order valence-electron chi connectivity index (χ1n) is 3.85. The highest BCUT2D eigenvalue weighted by Crippen LogP contribution is 1.97. The number of carboxylic acids is 1. The molecule has 0 spiro atoms. The molecular formula is C8H14N2O2. The van der Waals surface area contributed by atoms with E-state index in [4.69, 9.17) is 5.11 Å². The highest BCUT2D eigenvalue weighted by atomic mass is 16.4. The molecule has 0 aliphatic carbocycles. The minimum Gasteiger partial charge on any atom is -0.481 e. The Morgan fingerprint density at radius 1 is 1.75 bits per heavy atom. The van der Waals surface area contributed by atoms with Crippen LogP contribution >= 0.6 is 0 Å². The Bertz CT molecular complexity index is 180. The number of hydrogen-bond donors (Lipinski definition) is 2. The van der Waals surface area contributed by atoms with Gasteiger partial charge in [-0.25, -0.2) is 0 Å². The predicted octanol–water partition coefficient (Wildman–Crippen LogP) is 1.53. The Kier molecular flexibility index (Phi) is 5.69. The molecule has 12 heavy (non-hydrogen) atoms. The minimum absolute atomic E-state index is 0.181. The maximum absolute atomic E-state index is 9.93. The fourth-order valence-electron chi connectivity index (χ4n) is 0.390. The zero-order valence-electron chi connectivity index (χ0n) is 7.32. The van der Waals surface area contributed by atoms with Crippen molar-refractivity contribution in [1.29, 1.82) is 0 Å². The Hall–Kier alpha value is -1.32. The molecule has 4 heteroatoms. The first-order valence-corrected chi connectivity index (χ1v) is 3.85. The Balaban J connectivity index is 0.000000211. The van der Waals surface area contributed by atoms with Gasteiger partial charge in [0.15, 0.2) is 0 Å². The average Bonchev–Trinajstić information content (AvgIpc) is 2.59. The zero-order chi connectivity index (χ0) is 9.40. The van der Waals surface area contributed by atoms with E-state index in [-0.39, 0.29) is 5.92 Å². The fraction of sp³-hybridized carbons (Fsp3) is 0.500. The molecule has 0 bridgehead atoms. The minimum atomic E-state index is -0.706. The molecule has 0 saturated carbocycles. The number of carboxylic acid groups (broad SMARTS) is 1. The predicted molar refractivity (Wildman–Crippen MR) is 45.7 cm³/mol. The molecule has 0 amide bonds.